The number of hydrogen-bond donors (Lipinski definition) is 0. The van der Waals surface area contributed by atoms with Crippen LogP contribution in [0, 0.1) is 31.6 Å². The van der Waals surface area contributed by atoms with Gasteiger partial charge in [-0.1, -0.05) is 115 Å². The predicted molar refractivity (Wildman–Crippen MR) is 151 cm³/mol. The van der Waals surface area contributed by atoms with Crippen LogP contribution in [0.4, 0.5) is 0 Å². The van der Waals surface area contributed by atoms with E-state index in [1.54, 1.807) is 0 Å². The molecule has 0 saturated heterocycles. The van der Waals surface area contributed by atoms with Gasteiger partial charge in [-0.05, 0) is 70.1 Å². The van der Waals surface area contributed by atoms with Crippen molar-refractivity contribution in [3.8, 4) is 0 Å². The van der Waals surface area contributed by atoms with Crippen LogP contribution in [0.25, 0.3) is 0 Å². The molecule has 1 radical (unpaired) electrons. The molecule has 6 nitrogen and oxygen atoms in total. The summed E-state index contributed by atoms with van der Waals surface area (Å²) in [5, 5.41) is 31.0. The molecule has 0 aliphatic carbocycles. The molecular formula is C32H55CrO6. The van der Waals surface area contributed by atoms with E-state index >= 15 is 0 Å². The smallest absolute Gasteiger partial charge is 0.550 e. The van der Waals surface area contributed by atoms with Crippen LogP contribution in [-0.4, -0.2) is 17.9 Å². The maximum Gasteiger partial charge on any atom is 3.00 e. The number of unbranched alkanes of at least 4 members (excludes halogenated alkanes) is 3. The van der Waals surface area contributed by atoms with E-state index in [2.05, 4.69) is 58.9 Å². The summed E-state index contributed by atoms with van der Waals surface area (Å²) in [4.78, 5) is 31.0. The van der Waals surface area contributed by atoms with Gasteiger partial charge < -0.3 is 29.7 Å². The minimum Gasteiger partial charge on any atom is -0.550 e. The van der Waals surface area contributed by atoms with E-state index in [1.807, 2.05) is 20.8 Å². The van der Waals surface area contributed by atoms with Crippen LogP contribution in [0.15, 0.2) is 24.3 Å². The van der Waals surface area contributed by atoms with Crippen molar-refractivity contribution in [1.82, 2.24) is 0 Å². The Kier molecular flexibility index (Phi) is 34.8. The minimum absolute atomic E-state index is 0. The molecule has 0 aromatic heterocycles. The van der Waals surface area contributed by atoms with Crippen LogP contribution in [-0.2, 0) is 31.7 Å². The molecule has 0 amide bonds. The summed E-state index contributed by atoms with van der Waals surface area (Å²) in [7, 11) is 0. The van der Waals surface area contributed by atoms with Crippen molar-refractivity contribution in [1.29, 1.82) is 0 Å². The van der Waals surface area contributed by atoms with E-state index < -0.39 is 17.9 Å². The van der Waals surface area contributed by atoms with E-state index in [0.29, 0.717) is 19.3 Å². The molecule has 3 unspecified atom stereocenters. The third-order valence-electron chi connectivity index (χ3n) is 6.42. The molecule has 7 heteroatoms. The Morgan fingerprint density at radius 3 is 0.872 bits per heavy atom. The first-order valence-electron chi connectivity index (χ1n) is 14.6. The first kappa shape index (κ1) is 44.2. The summed E-state index contributed by atoms with van der Waals surface area (Å²) in [6, 6.07) is 8.48. The first-order chi connectivity index (χ1) is 17.9. The van der Waals surface area contributed by atoms with Crippen LogP contribution in [0.1, 0.15) is 130 Å². The standard InChI is InChI=1S/3C8H16O2.C8H10.Cr/c3*1-3-5-6-7(4-2)8(9)10;1-7-3-5-8(2)6-4-7;/h3*7H,3-6H2,1-2H3,(H,9,10);3-6H,1-2H3;/q;;;;+3/p-3. The molecule has 39 heavy (non-hydrogen) atoms. The maximum absolute atomic E-state index is 10.3. The van der Waals surface area contributed by atoms with Crippen LogP contribution >= 0.6 is 0 Å². The molecule has 0 saturated carbocycles. The zero-order chi connectivity index (χ0) is 29.9. The molecule has 0 aliphatic heterocycles. The van der Waals surface area contributed by atoms with Crippen LogP contribution in [0.3, 0.4) is 0 Å². The Bertz CT molecular complexity index is 622. The zero-order valence-corrected chi connectivity index (χ0v) is 27.2. The molecule has 0 fully saturated rings. The summed E-state index contributed by atoms with van der Waals surface area (Å²) >= 11 is 0. The van der Waals surface area contributed by atoms with Gasteiger partial charge in [0.1, 0.15) is 0 Å². The Labute approximate surface area is 250 Å². The summed E-state index contributed by atoms with van der Waals surface area (Å²) in [5.74, 6) is -3.34. The van der Waals surface area contributed by atoms with Crippen LogP contribution in [0.5, 0.6) is 0 Å². The van der Waals surface area contributed by atoms with Crippen LogP contribution in [0.2, 0.25) is 0 Å². The van der Waals surface area contributed by atoms with Crippen molar-refractivity contribution in [2.24, 2.45) is 17.8 Å². The number of carboxylic acids is 3. The molecule has 3 atom stereocenters. The number of hydrogen-bond acceptors (Lipinski definition) is 6. The van der Waals surface area contributed by atoms with Gasteiger partial charge in [-0.25, -0.2) is 0 Å². The number of carbonyl (C=O) groups excluding carboxylic acids is 3. The topological polar surface area (TPSA) is 120 Å². The molecule has 0 heterocycles. The number of rotatable bonds is 15. The van der Waals surface area contributed by atoms with Gasteiger partial charge >= 0.3 is 17.4 Å². The third kappa shape index (κ3) is 29.0. The average Bonchev–Trinajstić information content (AvgIpc) is 2.88. The molecular weight excluding hydrogens is 532 g/mol. The number of benzene rings is 1. The fraction of sp³-hybridized carbons (Fsp3) is 0.719. The molecule has 1 aromatic rings. The average molecular weight is 588 g/mol. The largest absolute Gasteiger partial charge is 3.00 e. The van der Waals surface area contributed by atoms with Gasteiger partial charge in [-0.3, -0.25) is 0 Å². The van der Waals surface area contributed by atoms with Gasteiger partial charge in [-0.15, -0.1) is 0 Å². The Morgan fingerprint density at radius 2 is 0.744 bits per heavy atom. The molecule has 0 spiro atoms. The van der Waals surface area contributed by atoms with Crippen molar-refractivity contribution in [2.75, 3.05) is 0 Å². The van der Waals surface area contributed by atoms with E-state index in [9.17, 15) is 29.7 Å². The Morgan fingerprint density at radius 1 is 0.538 bits per heavy atom. The molecule has 0 N–H and O–H groups in total. The second-order valence-corrected chi connectivity index (χ2v) is 9.85. The van der Waals surface area contributed by atoms with E-state index in [-0.39, 0.29) is 35.1 Å². The Hall–Kier alpha value is -1.84. The monoisotopic (exact) mass is 587 g/mol. The van der Waals surface area contributed by atoms with Gasteiger partial charge in [0, 0.05) is 17.9 Å². The SMILES string of the molecule is CCCCC(CC)C(=O)[O-].CCCCC(CC)C(=O)[O-].CCCCC(CC)C(=O)[O-].Cc1ccc(C)cc1.[Cr+3]. The number of aliphatic carboxylic acids is 3. The number of carbonyl (C=O) groups is 3. The van der Waals surface area contributed by atoms with E-state index in [0.717, 1.165) is 57.8 Å². The van der Waals surface area contributed by atoms with Crippen molar-refractivity contribution < 1.29 is 47.1 Å². The minimum atomic E-state index is -0.893. The fourth-order valence-electron chi connectivity index (χ4n) is 3.45. The van der Waals surface area contributed by atoms with E-state index in [1.165, 1.54) is 11.1 Å². The van der Waals surface area contributed by atoms with Crippen LogP contribution < -0.4 is 15.3 Å². The second-order valence-electron chi connectivity index (χ2n) is 9.85. The van der Waals surface area contributed by atoms with E-state index in [4.69, 9.17) is 0 Å². The van der Waals surface area contributed by atoms with Gasteiger partial charge in [0.25, 0.3) is 0 Å². The first-order valence-corrected chi connectivity index (χ1v) is 14.6. The second kappa shape index (κ2) is 30.7. The van der Waals surface area contributed by atoms with Crippen molar-refractivity contribution in [3.05, 3.63) is 35.4 Å². The van der Waals surface area contributed by atoms with Crippen molar-refractivity contribution >= 4 is 17.9 Å². The van der Waals surface area contributed by atoms with Crippen molar-refractivity contribution in [2.45, 2.75) is 132 Å². The van der Waals surface area contributed by atoms with Gasteiger partial charge in [0.05, 0.1) is 0 Å². The Balaban J connectivity index is -0.000000208. The van der Waals surface area contributed by atoms with Gasteiger partial charge in [0.2, 0.25) is 0 Å². The molecule has 0 bridgehead atoms. The zero-order valence-electron chi connectivity index (χ0n) is 25.9. The summed E-state index contributed by atoms with van der Waals surface area (Å²) < 4.78 is 0. The third-order valence-corrected chi connectivity index (χ3v) is 6.42. The molecule has 1 aromatic carbocycles. The number of carboxylic acid groups (broad SMARTS) is 3. The summed E-state index contributed by atoms with van der Waals surface area (Å²) in [6.07, 6.45) is 10.6. The van der Waals surface area contributed by atoms with Crippen molar-refractivity contribution in [3.63, 3.8) is 0 Å². The predicted octanol–water partition coefficient (Wildman–Crippen LogP) is 5.16. The number of aryl methyl sites for hydroxylation is 2. The molecule has 225 valence electrons. The summed E-state index contributed by atoms with van der Waals surface area (Å²) in [6.45, 7) is 16.0. The van der Waals surface area contributed by atoms with Gasteiger partial charge in [0.15, 0.2) is 0 Å². The molecule has 0 aliphatic rings. The maximum atomic E-state index is 10.3. The van der Waals surface area contributed by atoms with Gasteiger partial charge in [-0.2, -0.15) is 0 Å². The molecule has 1 rings (SSSR count). The summed E-state index contributed by atoms with van der Waals surface area (Å²) in [5.41, 5.74) is 2.66. The quantitative estimate of drug-likeness (QED) is 0.280. The normalized spacial score (nSPS) is 11.9. The fourth-order valence-corrected chi connectivity index (χ4v) is 3.45.